The number of benzene rings is 2. The van der Waals surface area contributed by atoms with E-state index in [0.29, 0.717) is 11.4 Å². The molecular weight excluding hydrogens is 537 g/mol. The van der Waals surface area contributed by atoms with Crippen molar-refractivity contribution in [1.29, 1.82) is 0 Å². The Hall–Kier alpha value is -3.73. The predicted octanol–water partition coefficient (Wildman–Crippen LogP) is 5.87. The normalized spacial score (nSPS) is 14.8. The molecule has 39 heavy (non-hydrogen) atoms. The number of aryl methyl sites for hydroxylation is 1. The van der Waals surface area contributed by atoms with Crippen molar-refractivity contribution < 1.29 is 22.6 Å². The first-order valence-electron chi connectivity index (χ1n) is 12.4. The number of nitrogens with zero attached hydrogens (tertiary/aromatic N) is 4. The van der Waals surface area contributed by atoms with E-state index in [-0.39, 0.29) is 41.4 Å². The Labute approximate surface area is 226 Å². The molecule has 0 amide bonds. The van der Waals surface area contributed by atoms with Crippen molar-refractivity contribution in [3.05, 3.63) is 80.0 Å². The van der Waals surface area contributed by atoms with Gasteiger partial charge in [-0.05, 0) is 54.5 Å². The molecule has 0 saturated heterocycles. The Bertz CT molecular complexity index is 1640. The Morgan fingerprint density at radius 3 is 2.38 bits per heavy atom. The minimum atomic E-state index is -4.87. The van der Waals surface area contributed by atoms with Gasteiger partial charge in [0.25, 0.3) is 5.56 Å². The average Bonchev–Trinajstić information content (AvgIpc) is 3.20. The summed E-state index contributed by atoms with van der Waals surface area (Å²) in [7, 11) is 1.52. The van der Waals surface area contributed by atoms with Crippen LogP contribution in [-0.2, 0) is 20.1 Å². The molecule has 0 unspecified atom stereocenters. The summed E-state index contributed by atoms with van der Waals surface area (Å²) in [5.41, 5.74) is 0.0896. The van der Waals surface area contributed by atoms with Crippen molar-refractivity contribution in [1.82, 2.24) is 18.7 Å². The van der Waals surface area contributed by atoms with Gasteiger partial charge < -0.3 is 9.47 Å². The van der Waals surface area contributed by atoms with E-state index < -0.39 is 23.4 Å². The second kappa shape index (κ2) is 10.1. The molecule has 0 N–H and O–H groups in total. The molecule has 206 valence electrons. The zero-order valence-electron chi connectivity index (χ0n) is 21.3. The van der Waals surface area contributed by atoms with Crippen LogP contribution in [0.3, 0.4) is 0 Å². The van der Waals surface area contributed by atoms with Gasteiger partial charge in [-0.15, -0.1) is 13.2 Å². The lowest BCUT2D eigenvalue weighted by Gasteiger charge is -2.38. The molecule has 0 bridgehead atoms. The topological polar surface area (TPSA) is 80.3 Å². The molecular formula is C27H26ClF3N4O4. The molecule has 2 heterocycles. The molecule has 1 aliphatic rings. The Morgan fingerprint density at radius 1 is 1.05 bits per heavy atom. The van der Waals surface area contributed by atoms with Gasteiger partial charge in [0.15, 0.2) is 11.2 Å². The van der Waals surface area contributed by atoms with E-state index in [2.05, 4.69) is 16.6 Å². The van der Waals surface area contributed by atoms with Gasteiger partial charge in [0.2, 0.25) is 0 Å². The van der Waals surface area contributed by atoms with Gasteiger partial charge in [0.05, 0.1) is 6.54 Å². The average molecular weight is 563 g/mol. The van der Waals surface area contributed by atoms with E-state index in [4.69, 9.17) is 16.3 Å². The zero-order chi connectivity index (χ0) is 27.9. The van der Waals surface area contributed by atoms with E-state index >= 15 is 0 Å². The first kappa shape index (κ1) is 26.9. The molecule has 0 spiro atoms. The lowest BCUT2D eigenvalue weighted by Crippen LogP contribution is -2.41. The maximum absolute atomic E-state index is 13.7. The van der Waals surface area contributed by atoms with Crippen LogP contribution in [0, 0.1) is 5.41 Å². The molecule has 0 atom stereocenters. The van der Waals surface area contributed by atoms with Gasteiger partial charge in [-0.25, -0.2) is 4.79 Å². The van der Waals surface area contributed by atoms with Gasteiger partial charge in [0, 0.05) is 24.7 Å². The van der Waals surface area contributed by atoms with Gasteiger partial charge in [-0.3, -0.25) is 18.5 Å². The molecule has 2 aromatic carbocycles. The quantitative estimate of drug-likeness (QED) is 0.268. The van der Waals surface area contributed by atoms with E-state index in [1.54, 1.807) is 24.3 Å². The van der Waals surface area contributed by atoms with Crippen molar-refractivity contribution >= 4 is 22.8 Å². The summed E-state index contributed by atoms with van der Waals surface area (Å²) in [5.74, 6) is -0.466. The summed E-state index contributed by atoms with van der Waals surface area (Å²) in [6.45, 7) is 2.54. The number of hydrogen-bond acceptors (Lipinski definition) is 5. The number of imidazole rings is 1. The molecule has 0 radical (unpaired) electrons. The van der Waals surface area contributed by atoms with Crippen LogP contribution in [0.2, 0.25) is 5.02 Å². The monoisotopic (exact) mass is 562 g/mol. The second-order valence-corrected chi connectivity index (χ2v) is 10.6. The molecule has 2 aromatic heterocycles. The Balaban J connectivity index is 1.61. The van der Waals surface area contributed by atoms with Crippen LogP contribution in [0.5, 0.6) is 17.5 Å². The van der Waals surface area contributed by atoms with E-state index in [1.165, 1.54) is 32.9 Å². The number of rotatable bonds is 8. The van der Waals surface area contributed by atoms with Crippen LogP contribution in [0.15, 0.2) is 58.1 Å². The van der Waals surface area contributed by atoms with Gasteiger partial charge >= 0.3 is 18.1 Å². The molecule has 1 saturated carbocycles. The minimum absolute atomic E-state index is 0.00708. The highest BCUT2D eigenvalue weighted by atomic mass is 35.5. The fraction of sp³-hybridized carbons (Fsp3) is 0.370. The number of hydrogen-bond donors (Lipinski definition) is 0. The van der Waals surface area contributed by atoms with Crippen LogP contribution in [0.4, 0.5) is 13.2 Å². The SMILES string of the molecule is Cn1c(=O)n(CCC2(C)CCC2)c(=O)c2c1nc(Oc1cccc(OC(F)(F)F)c1)n2Cc1ccc(Cl)cc1. The number of halogens is 4. The van der Waals surface area contributed by atoms with Crippen molar-refractivity contribution in [2.45, 2.75) is 52.1 Å². The van der Waals surface area contributed by atoms with Crippen molar-refractivity contribution in [2.24, 2.45) is 12.5 Å². The molecule has 5 rings (SSSR count). The van der Waals surface area contributed by atoms with Crippen LogP contribution >= 0.6 is 11.6 Å². The summed E-state index contributed by atoms with van der Waals surface area (Å²) in [4.78, 5) is 31.3. The van der Waals surface area contributed by atoms with Crippen LogP contribution in [0.25, 0.3) is 11.2 Å². The maximum atomic E-state index is 13.7. The summed E-state index contributed by atoms with van der Waals surface area (Å²) in [6, 6.07) is 11.8. The fourth-order valence-electron chi connectivity index (χ4n) is 4.80. The summed E-state index contributed by atoms with van der Waals surface area (Å²) >= 11 is 6.03. The molecule has 12 heteroatoms. The summed E-state index contributed by atoms with van der Waals surface area (Å²) < 4.78 is 52.1. The van der Waals surface area contributed by atoms with E-state index in [0.717, 1.165) is 37.0 Å². The largest absolute Gasteiger partial charge is 0.573 e. The highest BCUT2D eigenvalue weighted by Crippen LogP contribution is 2.43. The minimum Gasteiger partial charge on any atom is -0.425 e. The molecule has 0 aliphatic heterocycles. The third-order valence-electron chi connectivity index (χ3n) is 7.20. The van der Waals surface area contributed by atoms with Gasteiger partial charge in [0.1, 0.15) is 11.5 Å². The van der Waals surface area contributed by atoms with Crippen LogP contribution in [-0.4, -0.2) is 25.0 Å². The highest BCUT2D eigenvalue weighted by molar-refractivity contribution is 6.30. The smallest absolute Gasteiger partial charge is 0.425 e. The second-order valence-electron chi connectivity index (χ2n) is 10.1. The van der Waals surface area contributed by atoms with E-state index in [1.807, 2.05) is 0 Å². The van der Waals surface area contributed by atoms with Crippen LogP contribution in [0.1, 0.15) is 38.2 Å². The van der Waals surface area contributed by atoms with Gasteiger partial charge in [-0.1, -0.05) is 43.1 Å². The Morgan fingerprint density at radius 2 is 1.74 bits per heavy atom. The Kier molecular flexibility index (Phi) is 6.96. The molecule has 8 nitrogen and oxygen atoms in total. The lowest BCUT2D eigenvalue weighted by molar-refractivity contribution is -0.274. The molecule has 4 aromatic rings. The summed E-state index contributed by atoms with van der Waals surface area (Å²) in [6.07, 6.45) is -0.956. The van der Waals surface area contributed by atoms with Crippen molar-refractivity contribution in [3.63, 3.8) is 0 Å². The number of aromatic nitrogens is 4. The third-order valence-corrected chi connectivity index (χ3v) is 7.45. The third kappa shape index (κ3) is 5.68. The number of alkyl halides is 3. The van der Waals surface area contributed by atoms with Crippen molar-refractivity contribution in [2.75, 3.05) is 0 Å². The highest BCUT2D eigenvalue weighted by Gasteiger charge is 2.33. The van der Waals surface area contributed by atoms with Gasteiger partial charge in [-0.2, -0.15) is 4.98 Å². The van der Waals surface area contributed by atoms with E-state index in [9.17, 15) is 22.8 Å². The van der Waals surface area contributed by atoms with Crippen molar-refractivity contribution in [3.8, 4) is 17.5 Å². The maximum Gasteiger partial charge on any atom is 0.573 e. The standard InChI is InChI=1S/C27H26ClF3N4O4/c1-26(11-4-12-26)13-14-34-23(36)21-22(33(2)25(34)37)32-24(35(21)16-17-7-9-18(28)10-8-17)38-19-5-3-6-20(15-19)39-27(29,30)31/h3,5-10,15H,4,11-14,16H2,1-2H3. The van der Waals surface area contributed by atoms with Crippen LogP contribution < -0.4 is 20.7 Å². The first-order valence-corrected chi connectivity index (χ1v) is 12.8. The number of fused-ring (bicyclic) bond motifs is 1. The number of ether oxygens (including phenoxy) is 2. The zero-order valence-corrected chi connectivity index (χ0v) is 22.1. The fourth-order valence-corrected chi connectivity index (χ4v) is 4.92. The molecule has 1 aliphatic carbocycles. The summed E-state index contributed by atoms with van der Waals surface area (Å²) in [5, 5.41) is 0.529. The first-order chi connectivity index (χ1) is 18.4. The molecule has 1 fully saturated rings. The predicted molar refractivity (Wildman–Crippen MR) is 140 cm³/mol. The lowest BCUT2D eigenvalue weighted by atomic mass is 9.68.